The second kappa shape index (κ2) is 8.86. The minimum atomic E-state index is -1.55. The average molecular weight is 451 g/mol. The van der Waals surface area contributed by atoms with Crippen LogP contribution >= 0.6 is 8.20 Å². The molecule has 0 heterocycles. The van der Waals surface area contributed by atoms with Gasteiger partial charge in [0.1, 0.15) is 0 Å². The highest BCUT2D eigenvalue weighted by molar-refractivity contribution is 7.47. The predicted molar refractivity (Wildman–Crippen MR) is 147 cm³/mol. The van der Waals surface area contributed by atoms with E-state index in [0.29, 0.717) is 0 Å². The first-order valence-corrected chi connectivity index (χ1v) is 15.9. The van der Waals surface area contributed by atoms with Crippen molar-refractivity contribution in [1.82, 2.24) is 0 Å². The minimum absolute atomic E-state index is 0.0807. The lowest BCUT2D eigenvalue weighted by Crippen LogP contribution is -2.30. The van der Waals surface area contributed by atoms with E-state index >= 15 is 0 Å². The molecule has 0 N–H and O–H groups in total. The lowest BCUT2D eigenvalue weighted by atomic mass is 9.75. The maximum absolute atomic E-state index is 3.93. The molecule has 0 aliphatic carbocycles. The SMILES string of the molecule is CC(C)(C)c1cc(C(C)(C)C)c(P=C=C(c2ccccc2)[Si](C)(C)C)c(C(C)(C)C)c1. The maximum Gasteiger partial charge on any atom is 0.0888 e. The van der Waals surface area contributed by atoms with Gasteiger partial charge in [0, 0.05) is 5.30 Å². The summed E-state index contributed by atoms with van der Waals surface area (Å²) in [7, 11) is -0.360. The van der Waals surface area contributed by atoms with Crippen molar-refractivity contribution in [2.75, 3.05) is 0 Å². The molecule has 168 valence electrons. The standard InChI is InChI=1S/C29H43PSi/c1-27(2,3)22-18-23(28(4,5)6)26(24(19-22)29(7,8)9)30-20-25(31(10,11)12)21-16-14-13-15-17-21/h13-19H,1-12H3. The molecule has 0 atom stereocenters. The highest BCUT2D eigenvalue weighted by Crippen LogP contribution is 2.35. The Balaban J connectivity index is 2.96. The summed E-state index contributed by atoms with van der Waals surface area (Å²) < 4.78 is 0. The van der Waals surface area contributed by atoms with Gasteiger partial charge < -0.3 is 0 Å². The van der Waals surface area contributed by atoms with Crippen LogP contribution in [0.3, 0.4) is 0 Å². The molecular weight excluding hydrogens is 407 g/mol. The van der Waals surface area contributed by atoms with Gasteiger partial charge in [0.25, 0.3) is 0 Å². The molecule has 0 aromatic heterocycles. The summed E-state index contributed by atoms with van der Waals surface area (Å²) in [6.45, 7) is 28.3. The monoisotopic (exact) mass is 450 g/mol. The molecule has 0 aliphatic heterocycles. The molecule has 2 aromatic carbocycles. The zero-order chi connectivity index (χ0) is 23.8. The third-order valence-corrected chi connectivity index (χ3v) is 8.85. The number of rotatable bonds is 3. The summed E-state index contributed by atoms with van der Waals surface area (Å²) in [5.41, 5.74) is 9.89. The van der Waals surface area contributed by atoms with Crippen LogP contribution in [0.1, 0.15) is 84.6 Å². The van der Waals surface area contributed by atoms with Gasteiger partial charge in [0.15, 0.2) is 0 Å². The highest BCUT2D eigenvalue weighted by atomic mass is 31.1. The molecule has 0 spiro atoms. The molecule has 2 heteroatoms. The first kappa shape index (κ1) is 25.9. The molecule has 0 bridgehead atoms. The highest BCUT2D eigenvalue weighted by Gasteiger charge is 2.29. The van der Waals surface area contributed by atoms with Crippen LogP contribution in [-0.2, 0) is 16.2 Å². The third kappa shape index (κ3) is 6.55. The van der Waals surface area contributed by atoms with Crippen LogP contribution in [0, 0.1) is 0 Å². The van der Waals surface area contributed by atoms with Gasteiger partial charge in [0.05, 0.1) is 8.07 Å². The smallest absolute Gasteiger partial charge is 0.0888 e. The Morgan fingerprint density at radius 2 is 1.16 bits per heavy atom. The summed E-state index contributed by atoms with van der Waals surface area (Å²) in [6, 6.07) is 15.8. The maximum atomic E-state index is 3.93. The van der Waals surface area contributed by atoms with Crippen molar-refractivity contribution in [3.8, 4) is 0 Å². The minimum Gasteiger partial charge on any atom is -0.0890 e. The molecule has 0 nitrogen and oxygen atoms in total. The summed E-state index contributed by atoms with van der Waals surface area (Å²) in [5, 5.41) is 2.87. The fourth-order valence-corrected chi connectivity index (χ4v) is 7.65. The quantitative estimate of drug-likeness (QED) is 0.325. The lowest BCUT2D eigenvalue weighted by Gasteiger charge is -2.32. The molecule has 0 fully saturated rings. The molecule has 0 radical (unpaired) electrons. The van der Waals surface area contributed by atoms with Crippen LogP contribution in [0.4, 0.5) is 0 Å². The molecule has 0 aliphatic rings. The Morgan fingerprint density at radius 1 is 0.710 bits per heavy atom. The van der Waals surface area contributed by atoms with E-state index in [0.717, 1.165) is 0 Å². The molecule has 0 unspecified atom stereocenters. The van der Waals surface area contributed by atoms with Crippen LogP contribution in [0.15, 0.2) is 42.5 Å². The Kier molecular flexibility index (Phi) is 7.39. The topological polar surface area (TPSA) is 0 Å². The Bertz CT molecular complexity index is 943. The Labute approximate surface area is 195 Å². The summed E-state index contributed by atoms with van der Waals surface area (Å²) in [4.78, 5) is 0. The van der Waals surface area contributed by atoms with Crippen LogP contribution in [0.5, 0.6) is 0 Å². The van der Waals surface area contributed by atoms with E-state index < -0.39 is 8.07 Å². The van der Waals surface area contributed by atoms with Crippen molar-refractivity contribution in [2.24, 2.45) is 0 Å². The Morgan fingerprint density at radius 3 is 1.52 bits per heavy atom. The first-order valence-electron chi connectivity index (χ1n) is 11.5. The van der Waals surface area contributed by atoms with E-state index in [9.17, 15) is 0 Å². The second-order valence-corrected chi connectivity index (χ2v) is 18.8. The van der Waals surface area contributed by atoms with E-state index in [1.54, 1.807) is 0 Å². The fraction of sp³-hybridized carbons (Fsp3) is 0.517. The normalized spacial score (nSPS) is 13.3. The van der Waals surface area contributed by atoms with E-state index in [1.807, 2.05) is 0 Å². The van der Waals surface area contributed by atoms with Gasteiger partial charge in [-0.25, -0.2) is 0 Å². The summed E-state index contributed by atoms with van der Waals surface area (Å²) in [6.07, 6.45) is 0. The van der Waals surface area contributed by atoms with Crippen LogP contribution < -0.4 is 5.30 Å². The van der Waals surface area contributed by atoms with Crippen molar-refractivity contribution >= 4 is 32.2 Å². The molecule has 2 rings (SSSR count). The van der Waals surface area contributed by atoms with Gasteiger partial charge in [-0.05, 0) is 51.9 Å². The summed E-state index contributed by atoms with van der Waals surface area (Å²) >= 11 is 0. The van der Waals surface area contributed by atoms with Gasteiger partial charge in [-0.1, -0.05) is 130 Å². The molecule has 0 amide bonds. The zero-order valence-corrected chi connectivity index (χ0v) is 23.9. The van der Waals surface area contributed by atoms with Crippen LogP contribution in [-0.4, -0.2) is 13.5 Å². The molecule has 31 heavy (non-hydrogen) atoms. The van der Waals surface area contributed by atoms with Gasteiger partial charge in [-0.15, -0.1) is 0 Å². The van der Waals surface area contributed by atoms with E-state index in [2.05, 4.69) is 130 Å². The average Bonchev–Trinajstić information content (AvgIpc) is 2.58. The molecular formula is C29H43PSi. The lowest BCUT2D eigenvalue weighted by molar-refractivity contribution is 0.554. The third-order valence-electron chi connectivity index (χ3n) is 5.68. The zero-order valence-electron chi connectivity index (χ0n) is 22.0. The molecule has 2 aromatic rings. The fourth-order valence-electron chi connectivity index (χ4n) is 3.71. The van der Waals surface area contributed by atoms with Crippen molar-refractivity contribution in [1.29, 1.82) is 0 Å². The van der Waals surface area contributed by atoms with Crippen molar-refractivity contribution < 1.29 is 0 Å². The largest absolute Gasteiger partial charge is 0.0890 e. The molecule has 0 saturated heterocycles. The van der Waals surface area contributed by atoms with Crippen LogP contribution in [0.2, 0.25) is 19.6 Å². The van der Waals surface area contributed by atoms with Gasteiger partial charge in [0.2, 0.25) is 0 Å². The number of hydrogen-bond acceptors (Lipinski definition) is 0. The second-order valence-electron chi connectivity index (χ2n) is 12.9. The van der Waals surface area contributed by atoms with Gasteiger partial charge in [-0.3, -0.25) is 0 Å². The van der Waals surface area contributed by atoms with Gasteiger partial charge >= 0.3 is 0 Å². The summed E-state index contributed by atoms with van der Waals surface area (Å²) in [5.74, 6) is 0. The van der Waals surface area contributed by atoms with Crippen molar-refractivity contribution in [3.63, 3.8) is 0 Å². The number of hydrogen-bond donors (Lipinski definition) is 0. The molecule has 0 saturated carbocycles. The number of benzene rings is 2. The van der Waals surface area contributed by atoms with Crippen molar-refractivity contribution in [3.05, 3.63) is 64.7 Å². The van der Waals surface area contributed by atoms with Crippen molar-refractivity contribution in [2.45, 2.75) is 98.2 Å². The van der Waals surface area contributed by atoms with E-state index in [-0.39, 0.29) is 16.2 Å². The van der Waals surface area contributed by atoms with E-state index in [4.69, 9.17) is 0 Å². The predicted octanol–water partition coefficient (Wildman–Crippen LogP) is 8.51. The van der Waals surface area contributed by atoms with Crippen LogP contribution in [0.25, 0.3) is 5.20 Å². The first-order chi connectivity index (χ1) is 13.9. The van der Waals surface area contributed by atoms with Gasteiger partial charge in [-0.2, -0.15) is 0 Å². The Hall–Kier alpha value is -1.39. The van der Waals surface area contributed by atoms with E-state index in [1.165, 1.54) is 41.0 Å².